The van der Waals surface area contributed by atoms with E-state index in [1.54, 1.807) is 34.9 Å². The van der Waals surface area contributed by atoms with Crippen LogP contribution in [0.4, 0.5) is 5.69 Å². The first-order valence-electron chi connectivity index (χ1n) is 10.6. The number of alkyl halides is 1. The Bertz CT molecular complexity index is 1230. The molecule has 1 aliphatic heterocycles. The first-order valence-corrected chi connectivity index (χ1v) is 13.2. The molecule has 1 fully saturated rings. The number of hydrogen-bond acceptors (Lipinski definition) is 4. The molecule has 7 nitrogen and oxygen atoms in total. The summed E-state index contributed by atoms with van der Waals surface area (Å²) >= 11 is -0.352. The molecule has 1 saturated heterocycles. The van der Waals surface area contributed by atoms with Gasteiger partial charge in [-0.2, -0.15) is 0 Å². The van der Waals surface area contributed by atoms with E-state index in [1.165, 1.54) is 0 Å². The van der Waals surface area contributed by atoms with Crippen LogP contribution in [-0.2, 0) is 4.79 Å². The number of rotatable bonds is 4. The number of amides is 2. The van der Waals surface area contributed by atoms with Gasteiger partial charge in [0, 0.05) is 0 Å². The van der Waals surface area contributed by atoms with Gasteiger partial charge in [0.1, 0.15) is 0 Å². The number of fused-ring (bicyclic) bond motifs is 1. The Hall–Kier alpha value is -2.75. The van der Waals surface area contributed by atoms with Crippen LogP contribution in [0.1, 0.15) is 49.5 Å². The van der Waals surface area contributed by atoms with Crippen molar-refractivity contribution in [1.29, 1.82) is 0 Å². The molecule has 4 rings (SSSR count). The van der Waals surface area contributed by atoms with E-state index in [-0.39, 0.29) is 45.0 Å². The monoisotopic (exact) mass is 546 g/mol. The molecule has 2 heterocycles. The predicted octanol–water partition coefficient (Wildman–Crippen LogP) is 1.24. The summed E-state index contributed by atoms with van der Waals surface area (Å²) in [6.07, 6.45) is 2.14. The summed E-state index contributed by atoms with van der Waals surface area (Å²) in [4.78, 5) is 41.7. The van der Waals surface area contributed by atoms with Gasteiger partial charge in [-0.05, 0) is 0 Å². The van der Waals surface area contributed by atoms with E-state index in [4.69, 9.17) is 4.42 Å². The third-order valence-corrected chi connectivity index (χ3v) is 8.24. The Balaban J connectivity index is 1.41. The van der Waals surface area contributed by atoms with Gasteiger partial charge in [0.2, 0.25) is 0 Å². The van der Waals surface area contributed by atoms with Gasteiger partial charge >= 0.3 is 197 Å². The molecule has 168 valence electrons. The van der Waals surface area contributed by atoms with Gasteiger partial charge in [-0.3, -0.25) is 0 Å². The summed E-state index contributed by atoms with van der Waals surface area (Å²) in [5.41, 5.74) is 2.38. The molecule has 32 heavy (non-hydrogen) atoms. The summed E-state index contributed by atoms with van der Waals surface area (Å²) in [6, 6.07) is 14.4. The molecule has 2 amide bonds. The van der Waals surface area contributed by atoms with Crippen molar-refractivity contribution in [2.45, 2.75) is 39.2 Å². The van der Waals surface area contributed by atoms with Gasteiger partial charge in [0.15, 0.2) is 0 Å². The van der Waals surface area contributed by atoms with Crippen molar-refractivity contribution in [3.05, 3.63) is 64.6 Å². The average Bonchev–Trinajstić information content (AvgIpc) is 2.93. The number of aliphatic imine (C=N–C) groups is 1. The van der Waals surface area contributed by atoms with Gasteiger partial charge in [-0.15, -0.1) is 0 Å². The van der Waals surface area contributed by atoms with Crippen molar-refractivity contribution in [2.24, 2.45) is 10.9 Å². The van der Waals surface area contributed by atoms with E-state index < -0.39 is 5.76 Å². The number of nitrogens with one attached hydrogen (secondary N) is 1. The standard InChI is InChI=1S/C24H25IN3O4/c1-15(2)28-19-10-9-18(14-20(19)32-24(28)31)26-22(29)17-8-11-21(25-13-12-17)27-23(30)16-6-4-3-5-7-16/h3-7,9-10,14-15,17H,8,11-13H2,1-2H3,(H,26,29)/q-1/t17-/m1/s1. The molecule has 0 saturated carbocycles. The molecule has 1 aliphatic rings. The number of carbonyl (C=O) groups is 2. The summed E-state index contributed by atoms with van der Waals surface area (Å²) < 4.78 is 8.82. The molecule has 0 unspecified atom stereocenters. The van der Waals surface area contributed by atoms with E-state index in [0.717, 1.165) is 14.6 Å². The Morgan fingerprint density at radius 3 is 2.69 bits per heavy atom. The zero-order valence-electron chi connectivity index (χ0n) is 18.0. The molecular weight excluding hydrogens is 521 g/mol. The van der Waals surface area contributed by atoms with Crippen LogP contribution in [0.2, 0.25) is 0 Å². The van der Waals surface area contributed by atoms with Gasteiger partial charge < -0.3 is 0 Å². The molecule has 1 atom stereocenters. The first kappa shape index (κ1) is 22.4. The van der Waals surface area contributed by atoms with E-state index in [1.807, 2.05) is 32.0 Å². The fraction of sp³-hybridized carbons (Fsp3) is 0.333. The molecule has 0 spiro atoms. The molecule has 0 radical (unpaired) electrons. The number of aromatic nitrogens is 1. The van der Waals surface area contributed by atoms with Crippen molar-refractivity contribution in [1.82, 2.24) is 4.57 Å². The minimum absolute atomic E-state index is 0.0110. The van der Waals surface area contributed by atoms with Crippen LogP contribution >= 0.6 is 0 Å². The molecule has 2 aromatic carbocycles. The van der Waals surface area contributed by atoms with Crippen molar-refractivity contribution >= 4 is 32.3 Å². The molecular formula is C24H25IN3O4-. The maximum absolute atomic E-state index is 12.9. The van der Waals surface area contributed by atoms with Gasteiger partial charge in [0.05, 0.1) is 0 Å². The van der Waals surface area contributed by atoms with Crippen molar-refractivity contribution < 1.29 is 35.2 Å². The molecule has 3 aromatic rings. The van der Waals surface area contributed by atoms with Crippen molar-refractivity contribution in [3.8, 4) is 0 Å². The first-order chi connectivity index (χ1) is 15.4. The Morgan fingerprint density at radius 1 is 1.16 bits per heavy atom. The average molecular weight is 546 g/mol. The van der Waals surface area contributed by atoms with Crippen molar-refractivity contribution in [3.63, 3.8) is 0 Å². The Morgan fingerprint density at radius 2 is 1.94 bits per heavy atom. The van der Waals surface area contributed by atoms with E-state index in [2.05, 4.69) is 10.3 Å². The second-order valence-electron chi connectivity index (χ2n) is 8.01. The Kier molecular flexibility index (Phi) is 6.88. The molecule has 0 bridgehead atoms. The summed E-state index contributed by atoms with van der Waals surface area (Å²) in [5.74, 6) is -0.777. The summed E-state index contributed by atoms with van der Waals surface area (Å²) in [5, 5.41) is 2.97. The molecule has 8 heteroatoms. The number of carbonyl (C=O) groups excluding carboxylic acids is 2. The zero-order valence-corrected chi connectivity index (χ0v) is 20.2. The second-order valence-corrected chi connectivity index (χ2v) is 11.1. The topological polar surface area (TPSA) is 93.7 Å². The predicted molar refractivity (Wildman–Crippen MR) is 120 cm³/mol. The zero-order chi connectivity index (χ0) is 22.7. The van der Waals surface area contributed by atoms with Crippen LogP contribution in [0.15, 0.2) is 62.7 Å². The van der Waals surface area contributed by atoms with Crippen LogP contribution in [0.5, 0.6) is 0 Å². The quantitative estimate of drug-likeness (QED) is 0.394. The van der Waals surface area contributed by atoms with Crippen molar-refractivity contribution in [2.75, 3.05) is 9.74 Å². The Labute approximate surface area is 196 Å². The van der Waals surface area contributed by atoms with E-state index in [0.29, 0.717) is 35.2 Å². The summed E-state index contributed by atoms with van der Waals surface area (Å²) in [6.45, 7) is 3.84. The normalized spacial score (nSPS) is 18.3. The molecule has 0 aliphatic carbocycles. The van der Waals surface area contributed by atoms with Crippen LogP contribution in [0, 0.1) is 5.92 Å². The van der Waals surface area contributed by atoms with E-state index in [9.17, 15) is 14.4 Å². The van der Waals surface area contributed by atoms with Gasteiger partial charge in [0.25, 0.3) is 0 Å². The molecule has 1 aromatic heterocycles. The van der Waals surface area contributed by atoms with E-state index >= 15 is 0 Å². The number of oxazole rings is 1. The second kappa shape index (κ2) is 9.81. The number of hydrogen-bond donors (Lipinski definition) is 1. The SMILES string of the molecule is CC(C)n1c(=O)oc2cc(NC(=O)[C@H]3CC[I-]C(=NC(=O)c4ccccc4)CC3)ccc21. The van der Waals surface area contributed by atoms with Crippen LogP contribution in [0.25, 0.3) is 11.1 Å². The third-order valence-electron chi connectivity index (χ3n) is 5.42. The third kappa shape index (κ3) is 5.01. The van der Waals surface area contributed by atoms with Crippen LogP contribution in [-0.4, -0.2) is 24.5 Å². The molecule has 1 N–H and O–H groups in total. The fourth-order valence-electron chi connectivity index (χ4n) is 3.75. The number of halogens is 1. The van der Waals surface area contributed by atoms with Gasteiger partial charge in [-0.1, -0.05) is 0 Å². The fourth-order valence-corrected chi connectivity index (χ4v) is 6.52. The minimum atomic E-state index is -0.400. The maximum atomic E-state index is 12.9. The number of benzene rings is 2. The van der Waals surface area contributed by atoms with Crippen LogP contribution in [0.3, 0.4) is 0 Å². The van der Waals surface area contributed by atoms with Crippen LogP contribution < -0.4 is 32.3 Å². The summed E-state index contributed by atoms with van der Waals surface area (Å²) in [7, 11) is 0. The van der Waals surface area contributed by atoms with Gasteiger partial charge in [-0.25, -0.2) is 0 Å². The number of nitrogens with zero attached hydrogens (tertiary/aromatic N) is 2. The number of anilines is 1.